The van der Waals surface area contributed by atoms with E-state index in [9.17, 15) is 4.39 Å². The Morgan fingerprint density at radius 1 is 1.30 bits per heavy atom. The van der Waals surface area contributed by atoms with Crippen LogP contribution in [-0.2, 0) is 0 Å². The zero-order valence-electron chi connectivity index (χ0n) is 12.5. The lowest BCUT2D eigenvalue weighted by Gasteiger charge is -2.25. The summed E-state index contributed by atoms with van der Waals surface area (Å²) in [5, 5.41) is 3.51. The molecule has 0 bridgehead atoms. The highest BCUT2D eigenvalue weighted by atomic mass is 19.1. The van der Waals surface area contributed by atoms with Gasteiger partial charge in [-0.05, 0) is 49.4 Å². The van der Waals surface area contributed by atoms with E-state index in [4.69, 9.17) is 0 Å². The van der Waals surface area contributed by atoms with Crippen molar-refractivity contribution in [3.8, 4) is 0 Å². The van der Waals surface area contributed by atoms with Crippen LogP contribution in [0.3, 0.4) is 0 Å². The van der Waals surface area contributed by atoms with Crippen LogP contribution >= 0.6 is 0 Å². The first-order valence-electron chi connectivity index (χ1n) is 7.96. The Morgan fingerprint density at radius 2 is 2.10 bits per heavy atom. The molecule has 0 aromatic heterocycles. The van der Waals surface area contributed by atoms with Gasteiger partial charge in [-0.1, -0.05) is 50.0 Å². The quantitative estimate of drug-likeness (QED) is 0.736. The molecule has 110 valence electrons. The molecule has 20 heavy (non-hydrogen) atoms. The molecular formula is C18H26FN. The van der Waals surface area contributed by atoms with Gasteiger partial charge < -0.3 is 5.32 Å². The average Bonchev–Trinajstić information content (AvgIpc) is 2.47. The molecule has 1 nitrogen and oxygen atoms in total. The third kappa shape index (κ3) is 4.75. The molecule has 1 aliphatic carbocycles. The van der Waals surface area contributed by atoms with Crippen molar-refractivity contribution in [2.24, 2.45) is 5.92 Å². The fourth-order valence-electron chi connectivity index (χ4n) is 3.01. The minimum absolute atomic E-state index is 0.150. The van der Waals surface area contributed by atoms with Crippen molar-refractivity contribution in [1.82, 2.24) is 5.32 Å². The van der Waals surface area contributed by atoms with Crippen molar-refractivity contribution in [3.63, 3.8) is 0 Å². The number of benzene rings is 1. The molecular weight excluding hydrogens is 249 g/mol. The molecule has 0 amide bonds. The zero-order valence-corrected chi connectivity index (χ0v) is 12.5. The Morgan fingerprint density at radius 3 is 2.80 bits per heavy atom. The maximum absolute atomic E-state index is 13.3. The summed E-state index contributed by atoms with van der Waals surface area (Å²) in [4.78, 5) is 0. The first-order chi connectivity index (χ1) is 9.79. The van der Waals surface area contributed by atoms with E-state index in [1.807, 2.05) is 6.07 Å². The number of hydrogen-bond acceptors (Lipinski definition) is 1. The van der Waals surface area contributed by atoms with Gasteiger partial charge >= 0.3 is 0 Å². The van der Waals surface area contributed by atoms with Crippen molar-refractivity contribution >= 4 is 6.08 Å². The molecule has 0 atom stereocenters. The molecule has 1 aromatic rings. The number of halogens is 1. The maximum atomic E-state index is 13.3. The predicted molar refractivity (Wildman–Crippen MR) is 84.1 cm³/mol. The standard InChI is InChI=1S/C18H26FN/c1-2-11-20-14-17(16-8-4-3-5-9-16)12-15-7-6-10-18(19)13-15/h6-7,10,12-13,16,20H,2-5,8-9,11,14H2,1H3/b17-12-. The third-order valence-electron chi connectivity index (χ3n) is 4.09. The van der Waals surface area contributed by atoms with Gasteiger partial charge in [0.25, 0.3) is 0 Å². The minimum Gasteiger partial charge on any atom is -0.313 e. The SMILES string of the molecule is CCCNC/C(=C/c1cccc(F)c1)C1CCCCC1. The van der Waals surface area contributed by atoms with Crippen molar-refractivity contribution in [2.45, 2.75) is 45.4 Å². The van der Waals surface area contributed by atoms with Crippen LogP contribution in [0.25, 0.3) is 6.08 Å². The average molecular weight is 275 g/mol. The molecule has 0 saturated heterocycles. The van der Waals surface area contributed by atoms with Crippen molar-refractivity contribution in [1.29, 1.82) is 0 Å². The van der Waals surface area contributed by atoms with Gasteiger partial charge in [0.2, 0.25) is 0 Å². The molecule has 2 rings (SSSR count). The van der Waals surface area contributed by atoms with Gasteiger partial charge in [-0.3, -0.25) is 0 Å². The van der Waals surface area contributed by atoms with Gasteiger partial charge in [0.05, 0.1) is 0 Å². The molecule has 0 aliphatic heterocycles. The third-order valence-corrected chi connectivity index (χ3v) is 4.09. The van der Waals surface area contributed by atoms with E-state index in [0.717, 1.165) is 25.1 Å². The van der Waals surface area contributed by atoms with Gasteiger partial charge in [0, 0.05) is 6.54 Å². The summed E-state index contributed by atoms with van der Waals surface area (Å²) in [5.74, 6) is 0.527. The van der Waals surface area contributed by atoms with E-state index in [0.29, 0.717) is 5.92 Å². The van der Waals surface area contributed by atoms with Crippen LogP contribution in [0.2, 0.25) is 0 Å². The van der Waals surface area contributed by atoms with Crippen molar-refractivity contribution < 1.29 is 4.39 Å². The fourth-order valence-corrected chi connectivity index (χ4v) is 3.01. The molecule has 0 heterocycles. The highest BCUT2D eigenvalue weighted by Gasteiger charge is 2.17. The second-order valence-corrected chi connectivity index (χ2v) is 5.79. The van der Waals surface area contributed by atoms with E-state index in [-0.39, 0.29) is 5.82 Å². The molecule has 0 spiro atoms. The van der Waals surface area contributed by atoms with Crippen LogP contribution in [0.5, 0.6) is 0 Å². The normalized spacial score (nSPS) is 17.4. The van der Waals surface area contributed by atoms with Gasteiger partial charge in [-0.2, -0.15) is 0 Å². The second kappa shape index (κ2) is 8.21. The number of rotatable bonds is 6. The van der Waals surface area contributed by atoms with Crippen molar-refractivity contribution in [2.75, 3.05) is 13.1 Å². The molecule has 1 aromatic carbocycles. The molecule has 1 saturated carbocycles. The summed E-state index contributed by atoms with van der Waals surface area (Å²) in [6.07, 6.45) is 9.95. The molecule has 1 aliphatic rings. The zero-order chi connectivity index (χ0) is 14.2. The Hall–Kier alpha value is -1.15. The Bertz CT molecular complexity index is 433. The summed E-state index contributed by atoms with van der Waals surface area (Å²) in [5.41, 5.74) is 2.44. The van der Waals surface area contributed by atoms with Gasteiger partial charge in [0.15, 0.2) is 0 Å². The van der Waals surface area contributed by atoms with Gasteiger partial charge in [-0.25, -0.2) is 4.39 Å². The number of nitrogens with one attached hydrogen (secondary N) is 1. The van der Waals surface area contributed by atoms with E-state index in [2.05, 4.69) is 18.3 Å². The Kier molecular flexibility index (Phi) is 6.25. The lowest BCUT2D eigenvalue weighted by atomic mass is 9.83. The first-order valence-corrected chi connectivity index (χ1v) is 7.96. The topological polar surface area (TPSA) is 12.0 Å². The highest BCUT2D eigenvalue weighted by Crippen LogP contribution is 2.30. The monoisotopic (exact) mass is 275 g/mol. The van der Waals surface area contributed by atoms with Crippen LogP contribution in [-0.4, -0.2) is 13.1 Å². The van der Waals surface area contributed by atoms with Crippen LogP contribution in [0.15, 0.2) is 29.8 Å². The van der Waals surface area contributed by atoms with Crippen LogP contribution in [0.1, 0.15) is 51.0 Å². The molecule has 1 fully saturated rings. The largest absolute Gasteiger partial charge is 0.313 e. The van der Waals surface area contributed by atoms with Gasteiger partial charge in [0.1, 0.15) is 5.82 Å². The summed E-state index contributed by atoms with van der Waals surface area (Å²) >= 11 is 0. The summed E-state index contributed by atoms with van der Waals surface area (Å²) in [6.45, 7) is 4.17. The Labute approximate surface area is 122 Å². The van der Waals surface area contributed by atoms with E-state index in [1.54, 1.807) is 12.1 Å². The van der Waals surface area contributed by atoms with E-state index >= 15 is 0 Å². The molecule has 0 unspecified atom stereocenters. The van der Waals surface area contributed by atoms with E-state index < -0.39 is 0 Å². The van der Waals surface area contributed by atoms with E-state index in [1.165, 1.54) is 43.7 Å². The lowest BCUT2D eigenvalue weighted by molar-refractivity contribution is 0.396. The van der Waals surface area contributed by atoms with Crippen LogP contribution < -0.4 is 5.32 Å². The highest BCUT2D eigenvalue weighted by molar-refractivity contribution is 5.53. The smallest absolute Gasteiger partial charge is 0.123 e. The van der Waals surface area contributed by atoms with Crippen LogP contribution in [0.4, 0.5) is 4.39 Å². The lowest BCUT2D eigenvalue weighted by Crippen LogP contribution is -2.23. The molecule has 2 heteroatoms. The summed E-state index contributed by atoms with van der Waals surface area (Å²) in [7, 11) is 0. The van der Waals surface area contributed by atoms with Gasteiger partial charge in [-0.15, -0.1) is 0 Å². The number of hydrogen-bond donors (Lipinski definition) is 1. The predicted octanol–water partition coefficient (Wildman–Crippen LogP) is 4.79. The van der Waals surface area contributed by atoms with Crippen molar-refractivity contribution in [3.05, 3.63) is 41.2 Å². The molecule has 0 radical (unpaired) electrons. The van der Waals surface area contributed by atoms with Crippen LogP contribution in [0, 0.1) is 11.7 Å². The summed E-state index contributed by atoms with van der Waals surface area (Å²) in [6, 6.07) is 6.92. The fraction of sp³-hybridized carbons (Fsp3) is 0.556. The Balaban J connectivity index is 2.11. The maximum Gasteiger partial charge on any atom is 0.123 e. The molecule has 1 N–H and O–H groups in total. The first kappa shape index (κ1) is 15.2. The summed E-state index contributed by atoms with van der Waals surface area (Å²) < 4.78 is 13.3. The minimum atomic E-state index is -0.150. The second-order valence-electron chi connectivity index (χ2n) is 5.79.